The van der Waals surface area contributed by atoms with Gasteiger partial charge < -0.3 is 20.8 Å². The molecule has 182 valence electrons. The van der Waals surface area contributed by atoms with E-state index in [1.165, 1.54) is 0 Å². The summed E-state index contributed by atoms with van der Waals surface area (Å²) >= 11 is 0. The van der Waals surface area contributed by atoms with Crippen molar-refractivity contribution in [3.63, 3.8) is 0 Å². The Balaban J connectivity index is 1.71. The van der Waals surface area contributed by atoms with Crippen LogP contribution in [0.25, 0.3) is 0 Å². The minimum absolute atomic E-state index is 0.00418. The van der Waals surface area contributed by atoms with Crippen LogP contribution in [0.15, 0.2) is 95.9 Å². The Morgan fingerprint density at radius 2 is 1.34 bits per heavy atom. The number of carbonyl (C=O) groups excluding carboxylic acids is 2. The van der Waals surface area contributed by atoms with Gasteiger partial charge in [-0.2, -0.15) is 0 Å². The predicted octanol–water partition coefficient (Wildman–Crippen LogP) is 2.29. The van der Waals surface area contributed by atoms with Crippen LogP contribution < -0.4 is 10.6 Å². The Bertz CT molecular complexity index is 1160. The lowest BCUT2D eigenvalue weighted by Crippen LogP contribution is -2.50. The molecule has 3 rings (SSSR count). The van der Waals surface area contributed by atoms with Gasteiger partial charge in [0.1, 0.15) is 6.04 Å². The number of carboxylic acids is 1. The molecule has 0 heterocycles. The average Bonchev–Trinajstić information content (AvgIpc) is 2.90. The topological polar surface area (TPSA) is 133 Å². The van der Waals surface area contributed by atoms with Gasteiger partial charge in [0.05, 0.1) is 16.8 Å². The van der Waals surface area contributed by atoms with E-state index < -0.39 is 46.8 Å². The monoisotopic (exact) mass is 494 g/mol. The summed E-state index contributed by atoms with van der Waals surface area (Å²) in [6.45, 7) is 0. The summed E-state index contributed by atoms with van der Waals surface area (Å²) in [6.07, 6.45) is -1.88. The van der Waals surface area contributed by atoms with Crippen LogP contribution in [0, 0.1) is 0 Å². The molecule has 0 aliphatic rings. The van der Waals surface area contributed by atoms with Crippen LogP contribution in [0.4, 0.5) is 0 Å². The van der Waals surface area contributed by atoms with Crippen molar-refractivity contribution in [1.29, 1.82) is 0 Å². The van der Waals surface area contributed by atoms with E-state index in [2.05, 4.69) is 10.6 Å². The molecule has 4 N–H and O–H groups in total. The maximum Gasteiger partial charge on any atom is 0.326 e. The van der Waals surface area contributed by atoms with Crippen molar-refractivity contribution in [2.45, 2.75) is 29.5 Å². The maximum absolute atomic E-state index is 12.9. The summed E-state index contributed by atoms with van der Waals surface area (Å²) in [5, 5.41) is 25.4. The molecule has 2 amide bonds. The summed E-state index contributed by atoms with van der Waals surface area (Å²) < 4.78 is 12.4. The highest BCUT2D eigenvalue weighted by molar-refractivity contribution is 7.85. The number of aliphatic hydroxyl groups is 1. The highest BCUT2D eigenvalue weighted by Gasteiger charge is 2.32. The summed E-state index contributed by atoms with van der Waals surface area (Å²) in [4.78, 5) is 37.9. The van der Waals surface area contributed by atoms with E-state index in [0.717, 1.165) is 0 Å². The van der Waals surface area contributed by atoms with E-state index in [4.69, 9.17) is 0 Å². The summed E-state index contributed by atoms with van der Waals surface area (Å²) in [5.74, 6) is -2.78. The van der Waals surface area contributed by atoms with Crippen LogP contribution in [0.5, 0.6) is 0 Å². The largest absolute Gasteiger partial charge is 0.480 e. The van der Waals surface area contributed by atoms with E-state index in [0.29, 0.717) is 16.0 Å². The van der Waals surface area contributed by atoms with Crippen molar-refractivity contribution in [2.75, 3.05) is 5.75 Å². The minimum Gasteiger partial charge on any atom is -0.480 e. The summed E-state index contributed by atoms with van der Waals surface area (Å²) in [7, 11) is -1.45. The molecule has 0 saturated heterocycles. The van der Waals surface area contributed by atoms with Crippen LogP contribution in [0.1, 0.15) is 28.4 Å². The second kappa shape index (κ2) is 12.6. The fourth-order valence-corrected chi connectivity index (χ4v) is 4.55. The lowest BCUT2D eigenvalue weighted by molar-refractivity contribution is -0.143. The third-order valence-electron chi connectivity index (χ3n) is 5.28. The number of rotatable bonds is 11. The van der Waals surface area contributed by atoms with Crippen molar-refractivity contribution >= 4 is 28.6 Å². The third kappa shape index (κ3) is 7.33. The first kappa shape index (κ1) is 25.8. The lowest BCUT2D eigenvalue weighted by atomic mass is 9.99. The first-order valence-electron chi connectivity index (χ1n) is 10.9. The Morgan fingerprint density at radius 1 is 0.800 bits per heavy atom. The molecular weight excluding hydrogens is 468 g/mol. The number of nitrogens with one attached hydrogen (secondary N) is 2. The summed E-state index contributed by atoms with van der Waals surface area (Å²) in [5.41, 5.74) is 0.810. The third-order valence-corrected chi connectivity index (χ3v) is 6.68. The van der Waals surface area contributed by atoms with Gasteiger partial charge in [-0.15, -0.1) is 0 Å². The Kier molecular flexibility index (Phi) is 9.28. The molecule has 4 atom stereocenters. The number of carboxylic acid groups (broad SMARTS) is 1. The number of amides is 2. The average molecular weight is 495 g/mol. The van der Waals surface area contributed by atoms with Crippen molar-refractivity contribution in [3.8, 4) is 0 Å². The van der Waals surface area contributed by atoms with Crippen LogP contribution >= 0.6 is 0 Å². The fourth-order valence-electron chi connectivity index (χ4n) is 3.40. The Hall–Kier alpha value is -3.82. The molecule has 0 bridgehead atoms. The molecule has 0 aliphatic carbocycles. The zero-order chi connectivity index (χ0) is 25.2. The minimum atomic E-state index is -1.77. The van der Waals surface area contributed by atoms with Crippen molar-refractivity contribution in [3.05, 3.63) is 102 Å². The zero-order valence-corrected chi connectivity index (χ0v) is 19.6. The van der Waals surface area contributed by atoms with E-state index >= 15 is 0 Å². The van der Waals surface area contributed by atoms with E-state index in [-0.39, 0.29) is 12.2 Å². The molecule has 0 fully saturated rings. The molecule has 0 aromatic heterocycles. The van der Waals surface area contributed by atoms with Gasteiger partial charge in [0.2, 0.25) is 0 Å². The standard InChI is InChI=1S/C26H26N2O6S/c29-23(22(18-10-4-1-5-11-18)28-24(30)19-12-6-2-7-13-19)25(31)27-21(26(32)33)16-17-35(34)20-14-8-3-9-15-20/h1-15,21-23,29H,16-17H2,(H,27,31)(H,28,30)(H,32,33)/t21-,22+,23-,35+/m1/s1. The van der Waals surface area contributed by atoms with Crippen LogP contribution in [0.3, 0.4) is 0 Å². The highest BCUT2D eigenvalue weighted by atomic mass is 32.2. The molecule has 3 aromatic rings. The first-order chi connectivity index (χ1) is 16.9. The smallest absolute Gasteiger partial charge is 0.326 e. The maximum atomic E-state index is 12.9. The number of hydrogen-bond donors (Lipinski definition) is 4. The van der Waals surface area contributed by atoms with Crippen LogP contribution in [-0.2, 0) is 20.4 Å². The van der Waals surface area contributed by atoms with Gasteiger partial charge in [-0.3, -0.25) is 13.8 Å². The quantitative estimate of drug-likeness (QED) is 0.323. The normalized spacial score (nSPS) is 14.2. The van der Waals surface area contributed by atoms with Crippen LogP contribution in [0.2, 0.25) is 0 Å². The SMILES string of the molecule is O=C(N[C@@H](c1ccccc1)[C@@H](O)C(=O)N[C@H](CC[S@](=O)c1ccccc1)C(=O)O)c1ccccc1. The molecule has 0 radical (unpaired) electrons. The zero-order valence-electron chi connectivity index (χ0n) is 18.7. The molecule has 0 saturated carbocycles. The van der Waals surface area contributed by atoms with Gasteiger partial charge in [0.15, 0.2) is 6.10 Å². The Morgan fingerprint density at radius 3 is 1.91 bits per heavy atom. The van der Waals surface area contributed by atoms with Crippen molar-refractivity contribution < 1.29 is 28.8 Å². The second-order valence-corrected chi connectivity index (χ2v) is 9.29. The van der Waals surface area contributed by atoms with Gasteiger partial charge in [-0.05, 0) is 36.2 Å². The molecule has 9 heteroatoms. The van der Waals surface area contributed by atoms with Gasteiger partial charge in [0, 0.05) is 16.2 Å². The Labute approximate surface area is 205 Å². The number of hydrogen-bond acceptors (Lipinski definition) is 5. The second-order valence-electron chi connectivity index (χ2n) is 7.72. The van der Waals surface area contributed by atoms with Gasteiger partial charge in [-0.25, -0.2) is 4.79 Å². The van der Waals surface area contributed by atoms with E-state index in [1.54, 1.807) is 91.0 Å². The molecule has 0 unspecified atom stereocenters. The number of carbonyl (C=O) groups is 3. The molecule has 0 spiro atoms. The number of aliphatic carboxylic acids is 1. The van der Waals surface area contributed by atoms with E-state index in [1.807, 2.05) is 0 Å². The fraction of sp³-hybridized carbons (Fsp3) is 0.192. The number of benzene rings is 3. The predicted molar refractivity (Wildman–Crippen MR) is 131 cm³/mol. The number of aliphatic hydroxyl groups excluding tert-OH is 1. The van der Waals surface area contributed by atoms with Crippen molar-refractivity contribution in [2.24, 2.45) is 0 Å². The lowest BCUT2D eigenvalue weighted by Gasteiger charge is -2.25. The van der Waals surface area contributed by atoms with E-state index in [9.17, 15) is 28.8 Å². The molecule has 3 aromatic carbocycles. The van der Waals surface area contributed by atoms with Gasteiger partial charge >= 0.3 is 5.97 Å². The van der Waals surface area contributed by atoms with Gasteiger partial charge in [-0.1, -0.05) is 66.7 Å². The van der Waals surface area contributed by atoms with Crippen molar-refractivity contribution in [1.82, 2.24) is 10.6 Å². The first-order valence-corrected chi connectivity index (χ1v) is 12.2. The molecular formula is C26H26N2O6S. The van der Waals surface area contributed by atoms with Gasteiger partial charge in [0.25, 0.3) is 11.8 Å². The van der Waals surface area contributed by atoms with Crippen LogP contribution in [-0.4, -0.2) is 50.1 Å². The highest BCUT2D eigenvalue weighted by Crippen LogP contribution is 2.19. The molecule has 0 aliphatic heterocycles. The summed E-state index contributed by atoms with van der Waals surface area (Å²) in [6, 6.07) is 22.8. The molecule has 35 heavy (non-hydrogen) atoms. The molecule has 8 nitrogen and oxygen atoms in total.